The molecule has 30 heavy (non-hydrogen) atoms. The lowest BCUT2D eigenvalue weighted by Gasteiger charge is -2.37. The molecule has 0 unspecified atom stereocenters. The Kier molecular flexibility index (Phi) is 9.07. The van der Waals surface area contributed by atoms with Crippen LogP contribution in [0.4, 0.5) is 0 Å². The molecule has 1 heterocycles. The first-order valence-electron chi connectivity index (χ1n) is 10.3. The molecule has 0 saturated heterocycles. The molecule has 1 aromatic heterocycles. The summed E-state index contributed by atoms with van der Waals surface area (Å²) in [5.74, 6) is 0.549. The van der Waals surface area contributed by atoms with Crippen molar-refractivity contribution in [2.75, 3.05) is 0 Å². The monoisotopic (exact) mass is 855 g/mol. The topological polar surface area (TPSA) is 12.9 Å². The molecule has 0 N–H and O–H groups in total. The summed E-state index contributed by atoms with van der Waals surface area (Å²) in [5, 5.41) is 0. The summed E-state index contributed by atoms with van der Waals surface area (Å²) in [5.41, 5.74) is 5.60. The van der Waals surface area contributed by atoms with Gasteiger partial charge in [0.2, 0.25) is 0 Å². The zero-order valence-corrected chi connectivity index (χ0v) is 28.1. The van der Waals surface area contributed by atoms with Gasteiger partial charge in [0.1, 0.15) is 3.70 Å². The van der Waals surface area contributed by atoms with Crippen LogP contribution in [0, 0.1) is 14.4 Å². The van der Waals surface area contributed by atoms with Crippen LogP contribution in [0.3, 0.4) is 0 Å². The first kappa shape index (κ1) is 27.5. The molecular weight excluding hydrogens is 822 g/mol. The molecular formula is C25H33I4N. The molecule has 0 spiro atoms. The van der Waals surface area contributed by atoms with Gasteiger partial charge in [-0.1, -0.05) is 62.3 Å². The van der Waals surface area contributed by atoms with Gasteiger partial charge >= 0.3 is 0 Å². The SMILES string of the molecule is CC(C)c1c(I)cc(C(C)(C)CC(C)(C)c2c(I)cc(C(C)(C)C)nc2I)cc1I. The number of hydrogen-bond donors (Lipinski definition) is 0. The van der Waals surface area contributed by atoms with Crippen LogP contribution in [0.15, 0.2) is 18.2 Å². The maximum absolute atomic E-state index is 5.01. The summed E-state index contributed by atoms with van der Waals surface area (Å²) in [4.78, 5) is 5.01. The van der Waals surface area contributed by atoms with Gasteiger partial charge in [-0.15, -0.1) is 0 Å². The van der Waals surface area contributed by atoms with E-state index in [9.17, 15) is 0 Å². The molecule has 1 aromatic carbocycles. The van der Waals surface area contributed by atoms with Crippen LogP contribution in [-0.4, -0.2) is 4.98 Å². The van der Waals surface area contributed by atoms with E-state index >= 15 is 0 Å². The number of aromatic nitrogens is 1. The largest absolute Gasteiger partial charge is 0.246 e. The van der Waals surface area contributed by atoms with Crippen LogP contribution in [0.25, 0.3) is 0 Å². The van der Waals surface area contributed by atoms with E-state index in [1.54, 1.807) is 0 Å². The fraction of sp³-hybridized carbons (Fsp3) is 0.560. The molecule has 0 amide bonds. The fourth-order valence-corrected chi connectivity index (χ4v) is 10.4. The summed E-state index contributed by atoms with van der Waals surface area (Å²) < 4.78 is 5.24. The Morgan fingerprint density at radius 3 is 1.67 bits per heavy atom. The van der Waals surface area contributed by atoms with Gasteiger partial charge < -0.3 is 0 Å². The van der Waals surface area contributed by atoms with Crippen LogP contribution in [-0.2, 0) is 16.2 Å². The van der Waals surface area contributed by atoms with Gasteiger partial charge in [-0.2, -0.15) is 0 Å². The van der Waals surface area contributed by atoms with E-state index in [1.165, 1.54) is 33.1 Å². The highest BCUT2D eigenvalue weighted by atomic mass is 127. The average molecular weight is 855 g/mol. The number of halogens is 4. The highest BCUT2D eigenvalue weighted by Gasteiger charge is 2.35. The van der Waals surface area contributed by atoms with Gasteiger partial charge in [0, 0.05) is 27.4 Å². The van der Waals surface area contributed by atoms with Crippen molar-refractivity contribution in [3.8, 4) is 0 Å². The normalized spacial score (nSPS) is 13.3. The van der Waals surface area contributed by atoms with Crippen molar-refractivity contribution in [1.29, 1.82) is 0 Å². The molecule has 0 saturated carbocycles. The van der Waals surface area contributed by atoms with Gasteiger partial charge in [0.25, 0.3) is 0 Å². The van der Waals surface area contributed by atoms with E-state index in [0.29, 0.717) is 5.92 Å². The van der Waals surface area contributed by atoms with Crippen molar-refractivity contribution in [2.24, 2.45) is 0 Å². The molecule has 0 aliphatic carbocycles. The van der Waals surface area contributed by atoms with Gasteiger partial charge in [-0.3, -0.25) is 0 Å². The van der Waals surface area contributed by atoms with E-state index in [-0.39, 0.29) is 16.2 Å². The van der Waals surface area contributed by atoms with Gasteiger partial charge in [0.05, 0.1) is 0 Å². The average Bonchev–Trinajstić information content (AvgIpc) is 2.50. The van der Waals surface area contributed by atoms with Gasteiger partial charge in [0.15, 0.2) is 0 Å². The first-order valence-corrected chi connectivity index (χ1v) is 14.7. The fourth-order valence-electron chi connectivity index (χ4n) is 4.29. The molecule has 0 aliphatic heterocycles. The molecule has 0 bridgehead atoms. The highest BCUT2D eigenvalue weighted by Crippen LogP contribution is 2.43. The van der Waals surface area contributed by atoms with Crippen LogP contribution in [0.2, 0.25) is 0 Å². The zero-order chi connectivity index (χ0) is 23.2. The van der Waals surface area contributed by atoms with Crippen molar-refractivity contribution in [2.45, 2.75) is 90.9 Å². The minimum absolute atomic E-state index is 0.0214. The number of rotatable bonds is 5. The zero-order valence-electron chi connectivity index (χ0n) is 19.5. The van der Waals surface area contributed by atoms with Crippen molar-refractivity contribution in [3.05, 3.63) is 55.0 Å². The molecule has 0 atom stereocenters. The molecule has 2 rings (SSSR count). The minimum atomic E-state index is 0.0214. The van der Waals surface area contributed by atoms with Gasteiger partial charge in [-0.05, 0) is 143 Å². The third-order valence-electron chi connectivity index (χ3n) is 5.69. The van der Waals surface area contributed by atoms with E-state index in [4.69, 9.17) is 4.98 Å². The maximum Gasteiger partial charge on any atom is 0.106 e. The van der Waals surface area contributed by atoms with Crippen LogP contribution >= 0.6 is 90.4 Å². The Labute approximate surface area is 238 Å². The standard InChI is InChI=1S/C25H33I4N/c1-14(2)20-16(26)10-15(11-17(20)27)24(6,7)13-25(8,9)21-18(28)12-19(23(3,4)5)30-22(21)29/h10-12,14H,13H2,1-9H3. The quantitative estimate of drug-likeness (QED) is 0.216. The van der Waals surface area contributed by atoms with Crippen molar-refractivity contribution in [1.82, 2.24) is 4.98 Å². The Hall–Kier alpha value is 1.29. The second-order valence-corrected chi connectivity index (χ2v) is 15.4. The molecule has 1 nitrogen and oxygen atoms in total. The van der Waals surface area contributed by atoms with Gasteiger partial charge in [-0.25, -0.2) is 4.98 Å². The van der Waals surface area contributed by atoms with E-state index in [0.717, 1.165) is 10.1 Å². The summed E-state index contributed by atoms with van der Waals surface area (Å²) in [6, 6.07) is 7.10. The number of nitrogens with zero attached hydrogens (tertiary/aromatic N) is 1. The smallest absolute Gasteiger partial charge is 0.106 e. The molecule has 2 aromatic rings. The van der Waals surface area contributed by atoms with E-state index < -0.39 is 0 Å². The van der Waals surface area contributed by atoms with E-state index in [2.05, 4.69) is 171 Å². The Bertz CT molecular complexity index is 891. The second-order valence-electron chi connectivity index (χ2n) is 10.9. The predicted molar refractivity (Wildman–Crippen MR) is 165 cm³/mol. The number of pyridine rings is 1. The lowest BCUT2D eigenvalue weighted by Crippen LogP contribution is -2.32. The molecule has 0 aliphatic rings. The van der Waals surface area contributed by atoms with Crippen LogP contribution < -0.4 is 0 Å². The van der Waals surface area contributed by atoms with Crippen molar-refractivity contribution < 1.29 is 0 Å². The molecule has 0 radical (unpaired) electrons. The summed E-state index contributed by atoms with van der Waals surface area (Å²) in [6.07, 6.45) is 1.07. The third-order valence-corrected chi connectivity index (χ3v) is 9.11. The van der Waals surface area contributed by atoms with E-state index in [1.807, 2.05) is 0 Å². The maximum atomic E-state index is 5.01. The predicted octanol–water partition coefficient (Wildman–Crippen LogP) is 9.57. The summed E-state index contributed by atoms with van der Waals surface area (Å²) in [7, 11) is 0. The number of benzene rings is 1. The lowest BCUT2D eigenvalue weighted by molar-refractivity contribution is 0.345. The minimum Gasteiger partial charge on any atom is -0.246 e. The molecule has 166 valence electrons. The Morgan fingerprint density at radius 2 is 1.27 bits per heavy atom. The van der Waals surface area contributed by atoms with Crippen molar-refractivity contribution >= 4 is 90.4 Å². The summed E-state index contributed by atoms with van der Waals surface area (Å²) >= 11 is 10.0. The Morgan fingerprint density at radius 1 is 0.767 bits per heavy atom. The van der Waals surface area contributed by atoms with Crippen molar-refractivity contribution in [3.63, 3.8) is 0 Å². The molecule has 0 fully saturated rings. The highest BCUT2D eigenvalue weighted by molar-refractivity contribution is 14.1. The Balaban J connectivity index is 2.48. The summed E-state index contributed by atoms with van der Waals surface area (Å²) in [6.45, 7) is 20.8. The first-order chi connectivity index (χ1) is 13.5. The lowest BCUT2D eigenvalue weighted by atomic mass is 9.68. The van der Waals surface area contributed by atoms with Crippen LogP contribution in [0.1, 0.15) is 97.0 Å². The molecule has 5 heteroatoms. The second kappa shape index (κ2) is 9.88. The number of hydrogen-bond acceptors (Lipinski definition) is 1. The van der Waals surface area contributed by atoms with Crippen LogP contribution in [0.5, 0.6) is 0 Å². The third kappa shape index (κ3) is 6.24.